The summed E-state index contributed by atoms with van der Waals surface area (Å²) in [7, 11) is -3.47. The number of nitrogens with one attached hydrogen (secondary N) is 1. The van der Waals surface area contributed by atoms with Crippen molar-refractivity contribution in [2.24, 2.45) is 11.8 Å². The zero-order valence-corrected chi connectivity index (χ0v) is 20.7. The SMILES string of the molecule is CCN(CCCNC(=O)C1CCCN(S(=O)(=O)N2CCC(C)CC2)C1)c1cccc(C)c1. The van der Waals surface area contributed by atoms with E-state index in [1.54, 1.807) is 4.31 Å². The molecule has 0 aliphatic carbocycles. The highest BCUT2D eigenvalue weighted by Crippen LogP contribution is 2.25. The van der Waals surface area contributed by atoms with Gasteiger partial charge in [-0.25, -0.2) is 0 Å². The van der Waals surface area contributed by atoms with E-state index in [9.17, 15) is 13.2 Å². The summed E-state index contributed by atoms with van der Waals surface area (Å²) in [6, 6.07) is 8.47. The minimum atomic E-state index is -3.47. The molecule has 2 heterocycles. The smallest absolute Gasteiger partial charge is 0.281 e. The third kappa shape index (κ3) is 6.45. The predicted molar refractivity (Wildman–Crippen MR) is 130 cm³/mol. The molecule has 0 radical (unpaired) electrons. The molecule has 0 spiro atoms. The van der Waals surface area contributed by atoms with E-state index in [4.69, 9.17) is 0 Å². The van der Waals surface area contributed by atoms with Gasteiger partial charge in [-0.2, -0.15) is 17.0 Å². The first-order chi connectivity index (χ1) is 15.3. The first-order valence-electron chi connectivity index (χ1n) is 12.2. The molecule has 0 bridgehead atoms. The van der Waals surface area contributed by atoms with E-state index < -0.39 is 10.2 Å². The van der Waals surface area contributed by atoms with Gasteiger partial charge in [0.15, 0.2) is 0 Å². The van der Waals surface area contributed by atoms with Crippen molar-refractivity contribution in [1.82, 2.24) is 13.9 Å². The zero-order valence-electron chi connectivity index (χ0n) is 19.9. The van der Waals surface area contributed by atoms with Crippen molar-refractivity contribution in [2.75, 3.05) is 50.7 Å². The number of piperidine rings is 2. The van der Waals surface area contributed by atoms with E-state index >= 15 is 0 Å². The molecule has 2 fully saturated rings. The van der Waals surface area contributed by atoms with Gasteiger partial charge in [0.05, 0.1) is 5.92 Å². The van der Waals surface area contributed by atoms with Gasteiger partial charge in [-0.3, -0.25) is 4.79 Å². The van der Waals surface area contributed by atoms with Gasteiger partial charge in [-0.15, -0.1) is 0 Å². The van der Waals surface area contributed by atoms with Crippen LogP contribution >= 0.6 is 0 Å². The second-order valence-electron chi connectivity index (χ2n) is 9.35. The normalized spacial score (nSPS) is 21.4. The van der Waals surface area contributed by atoms with Gasteiger partial charge in [0.25, 0.3) is 10.2 Å². The van der Waals surface area contributed by atoms with Gasteiger partial charge in [0.2, 0.25) is 5.91 Å². The van der Waals surface area contributed by atoms with Crippen LogP contribution in [-0.2, 0) is 15.0 Å². The molecule has 1 unspecified atom stereocenters. The van der Waals surface area contributed by atoms with Crippen LogP contribution < -0.4 is 10.2 Å². The lowest BCUT2D eigenvalue weighted by molar-refractivity contribution is -0.126. The highest BCUT2D eigenvalue weighted by molar-refractivity contribution is 7.86. The molecule has 7 nitrogen and oxygen atoms in total. The molecule has 32 heavy (non-hydrogen) atoms. The number of carbonyl (C=O) groups is 1. The van der Waals surface area contributed by atoms with Gasteiger partial charge >= 0.3 is 0 Å². The largest absolute Gasteiger partial charge is 0.372 e. The number of nitrogens with zero attached hydrogens (tertiary/aromatic N) is 3. The Morgan fingerprint density at radius 2 is 1.91 bits per heavy atom. The van der Waals surface area contributed by atoms with Gasteiger partial charge in [0, 0.05) is 51.5 Å². The fourth-order valence-electron chi connectivity index (χ4n) is 4.67. The molecule has 0 aromatic heterocycles. The van der Waals surface area contributed by atoms with Crippen LogP contribution in [0.25, 0.3) is 0 Å². The van der Waals surface area contributed by atoms with Crippen LogP contribution in [0.5, 0.6) is 0 Å². The van der Waals surface area contributed by atoms with E-state index in [0.717, 1.165) is 45.2 Å². The molecular formula is C24H40N4O3S. The first kappa shape index (κ1) is 25.0. The molecule has 0 saturated carbocycles. The molecule has 2 aliphatic rings. The van der Waals surface area contributed by atoms with Crippen LogP contribution in [0.3, 0.4) is 0 Å². The van der Waals surface area contributed by atoms with Gasteiger partial charge in [-0.1, -0.05) is 19.1 Å². The Kier molecular flexibility index (Phi) is 8.96. The van der Waals surface area contributed by atoms with E-state index in [2.05, 4.69) is 55.3 Å². The fourth-order valence-corrected chi connectivity index (χ4v) is 6.39. The van der Waals surface area contributed by atoms with Crippen LogP contribution in [0.1, 0.15) is 51.5 Å². The van der Waals surface area contributed by atoms with E-state index in [-0.39, 0.29) is 11.8 Å². The van der Waals surface area contributed by atoms with E-state index in [1.807, 2.05) is 0 Å². The summed E-state index contributed by atoms with van der Waals surface area (Å²) in [6.45, 7) is 10.8. The highest BCUT2D eigenvalue weighted by Gasteiger charge is 2.36. The maximum Gasteiger partial charge on any atom is 0.281 e. The zero-order chi connectivity index (χ0) is 23.1. The van der Waals surface area contributed by atoms with E-state index in [1.165, 1.54) is 15.6 Å². The van der Waals surface area contributed by atoms with Crippen LogP contribution in [-0.4, -0.2) is 68.7 Å². The number of amides is 1. The molecule has 8 heteroatoms. The molecule has 1 amide bonds. The molecule has 1 N–H and O–H groups in total. The Morgan fingerprint density at radius 1 is 1.16 bits per heavy atom. The monoisotopic (exact) mass is 464 g/mol. The van der Waals surface area contributed by atoms with Crippen molar-refractivity contribution >= 4 is 21.8 Å². The van der Waals surface area contributed by atoms with Crippen molar-refractivity contribution in [2.45, 2.75) is 52.9 Å². The van der Waals surface area contributed by atoms with Crippen LogP contribution in [0, 0.1) is 18.8 Å². The lowest BCUT2D eigenvalue weighted by atomic mass is 9.99. The molecule has 1 aromatic rings. The van der Waals surface area contributed by atoms with Crippen LogP contribution in [0.2, 0.25) is 0 Å². The number of hydrogen-bond donors (Lipinski definition) is 1. The number of anilines is 1. The molecule has 2 saturated heterocycles. The lowest BCUT2D eigenvalue weighted by Crippen LogP contribution is -2.52. The Labute approximate surface area is 194 Å². The summed E-state index contributed by atoms with van der Waals surface area (Å²) in [5.41, 5.74) is 2.45. The maximum atomic E-state index is 13.1. The number of carbonyl (C=O) groups excluding carboxylic acids is 1. The second-order valence-corrected chi connectivity index (χ2v) is 11.3. The molecule has 180 valence electrons. The van der Waals surface area contributed by atoms with Crippen molar-refractivity contribution in [3.05, 3.63) is 29.8 Å². The third-order valence-electron chi connectivity index (χ3n) is 6.80. The topological polar surface area (TPSA) is 73.0 Å². The Bertz CT molecular complexity index is 853. The fraction of sp³-hybridized carbons (Fsp3) is 0.708. The molecule has 1 aromatic carbocycles. The Morgan fingerprint density at radius 3 is 2.59 bits per heavy atom. The van der Waals surface area contributed by atoms with Crippen molar-refractivity contribution in [1.29, 1.82) is 0 Å². The average molecular weight is 465 g/mol. The summed E-state index contributed by atoms with van der Waals surface area (Å²) in [4.78, 5) is 15.1. The number of rotatable bonds is 9. The average Bonchev–Trinajstić information content (AvgIpc) is 2.79. The van der Waals surface area contributed by atoms with Crippen molar-refractivity contribution in [3.8, 4) is 0 Å². The number of benzene rings is 1. The number of aryl methyl sites for hydroxylation is 1. The van der Waals surface area contributed by atoms with Crippen LogP contribution in [0.4, 0.5) is 5.69 Å². The molecule has 2 aliphatic heterocycles. The third-order valence-corrected chi connectivity index (χ3v) is 8.80. The van der Waals surface area contributed by atoms with Crippen molar-refractivity contribution in [3.63, 3.8) is 0 Å². The predicted octanol–water partition coefficient (Wildman–Crippen LogP) is 3.02. The standard InChI is InChI=1S/C24H40N4O3S/c1-4-26(23-10-5-8-21(3)18-23)14-7-13-25-24(29)22-9-6-15-28(19-22)32(30,31)27-16-11-20(2)12-17-27/h5,8,10,18,20,22H,4,6-7,9,11-17,19H2,1-3H3,(H,25,29). The van der Waals surface area contributed by atoms with Gasteiger partial charge in [0.1, 0.15) is 0 Å². The lowest BCUT2D eigenvalue weighted by Gasteiger charge is -2.37. The Hall–Kier alpha value is -1.64. The summed E-state index contributed by atoms with van der Waals surface area (Å²) < 4.78 is 29.3. The maximum absolute atomic E-state index is 13.1. The minimum absolute atomic E-state index is 0.0178. The first-order valence-corrected chi connectivity index (χ1v) is 13.6. The van der Waals surface area contributed by atoms with Crippen molar-refractivity contribution < 1.29 is 13.2 Å². The summed E-state index contributed by atoms with van der Waals surface area (Å²) >= 11 is 0. The van der Waals surface area contributed by atoms with Crippen LogP contribution in [0.15, 0.2) is 24.3 Å². The molecular weight excluding hydrogens is 424 g/mol. The Balaban J connectivity index is 1.46. The summed E-state index contributed by atoms with van der Waals surface area (Å²) in [6.07, 6.45) is 4.16. The van der Waals surface area contributed by atoms with Gasteiger partial charge < -0.3 is 10.2 Å². The molecule has 3 rings (SSSR count). The second kappa shape index (κ2) is 11.5. The van der Waals surface area contributed by atoms with Gasteiger partial charge in [-0.05, 0) is 69.6 Å². The summed E-state index contributed by atoms with van der Waals surface area (Å²) in [5, 5.41) is 3.05. The highest BCUT2D eigenvalue weighted by atomic mass is 32.2. The summed E-state index contributed by atoms with van der Waals surface area (Å²) in [5.74, 6) is 0.299. The minimum Gasteiger partial charge on any atom is -0.372 e. The quantitative estimate of drug-likeness (QED) is 0.570. The van der Waals surface area contributed by atoms with E-state index in [0.29, 0.717) is 38.6 Å². The number of hydrogen-bond acceptors (Lipinski definition) is 4. The molecule has 1 atom stereocenters.